The molecule has 0 unspecified atom stereocenters. The first-order valence-electron chi connectivity index (χ1n) is 8.73. The molecule has 2 heterocycles. The van der Waals surface area contributed by atoms with Crippen molar-refractivity contribution in [2.45, 2.75) is 6.54 Å². The highest BCUT2D eigenvalue weighted by Crippen LogP contribution is 2.16. The van der Waals surface area contributed by atoms with E-state index in [0.29, 0.717) is 16.3 Å². The van der Waals surface area contributed by atoms with Crippen LogP contribution in [0, 0.1) is 0 Å². The quantitative estimate of drug-likeness (QED) is 0.491. The minimum absolute atomic E-state index is 0.164. The van der Waals surface area contributed by atoms with Gasteiger partial charge in [0.05, 0.1) is 23.0 Å². The molecule has 0 aliphatic heterocycles. The normalized spacial score (nSPS) is 10.9. The summed E-state index contributed by atoms with van der Waals surface area (Å²) in [6.07, 6.45) is 1.66. The van der Waals surface area contributed by atoms with Crippen LogP contribution >= 0.6 is 0 Å². The molecule has 28 heavy (non-hydrogen) atoms. The van der Waals surface area contributed by atoms with E-state index in [1.165, 1.54) is 4.68 Å². The fourth-order valence-corrected chi connectivity index (χ4v) is 3.01. The zero-order valence-electron chi connectivity index (χ0n) is 14.8. The minimum atomic E-state index is -0.337. The molecule has 140 valence electrons. The summed E-state index contributed by atoms with van der Waals surface area (Å²) in [7, 11) is 0. The molecule has 0 spiro atoms. The van der Waals surface area contributed by atoms with Crippen molar-refractivity contribution in [3.8, 4) is 11.3 Å². The van der Waals surface area contributed by atoms with Crippen LogP contribution in [0.15, 0.2) is 70.4 Å². The fraction of sp³-hybridized carbons (Fsp3) is 0.100. The standard InChI is InChI=1S/C20H17N5O3/c26-18(14-7-5-13(6-8-14)17-9-10-22-23-17)21-11-12-25-20(28)16-4-2-1-3-15(16)19(27)24-25/h1-10H,11-12H2,(H,21,26)(H,22,23)(H,24,27). The molecule has 1 amide bonds. The molecule has 0 bridgehead atoms. The lowest BCUT2D eigenvalue weighted by Crippen LogP contribution is -2.35. The number of fused-ring (bicyclic) bond motifs is 1. The van der Waals surface area contributed by atoms with E-state index in [0.717, 1.165) is 11.3 Å². The van der Waals surface area contributed by atoms with Crippen molar-refractivity contribution in [1.29, 1.82) is 0 Å². The molecule has 0 fully saturated rings. The maximum absolute atomic E-state index is 12.4. The molecule has 0 saturated carbocycles. The van der Waals surface area contributed by atoms with Gasteiger partial charge in [-0.1, -0.05) is 24.3 Å². The summed E-state index contributed by atoms with van der Waals surface area (Å²) in [6.45, 7) is 0.367. The van der Waals surface area contributed by atoms with E-state index in [4.69, 9.17) is 0 Å². The largest absolute Gasteiger partial charge is 0.350 e. The van der Waals surface area contributed by atoms with Gasteiger partial charge in [-0.05, 0) is 35.9 Å². The van der Waals surface area contributed by atoms with Crippen molar-refractivity contribution in [3.05, 3.63) is 87.1 Å². The van der Waals surface area contributed by atoms with Gasteiger partial charge in [-0.2, -0.15) is 5.10 Å². The van der Waals surface area contributed by atoms with Gasteiger partial charge in [-0.15, -0.1) is 0 Å². The summed E-state index contributed by atoms with van der Waals surface area (Å²) in [6, 6.07) is 15.6. The van der Waals surface area contributed by atoms with Crippen LogP contribution in [0.5, 0.6) is 0 Å². The Morgan fingerprint density at radius 3 is 2.46 bits per heavy atom. The molecule has 0 aliphatic carbocycles. The second-order valence-electron chi connectivity index (χ2n) is 6.25. The van der Waals surface area contributed by atoms with Crippen molar-refractivity contribution in [3.63, 3.8) is 0 Å². The molecule has 0 aliphatic rings. The van der Waals surface area contributed by atoms with Crippen LogP contribution in [0.25, 0.3) is 22.0 Å². The summed E-state index contributed by atoms with van der Waals surface area (Å²) in [5, 5.41) is 12.8. The van der Waals surface area contributed by atoms with Gasteiger partial charge in [0.25, 0.3) is 17.0 Å². The van der Waals surface area contributed by atoms with E-state index < -0.39 is 0 Å². The first kappa shape index (κ1) is 17.5. The third kappa shape index (κ3) is 3.35. The van der Waals surface area contributed by atoms with Gasteiger partial charge in [-0.3, -0.25) is 24.6 Å². The number of amides is 1. The Hall–Kier alpha value is -3.94. The number of carbonyl (C=O) groups is 1. The Labute approximate surface area is 158 Å². The fourth-order valence-electron chi connectivity index (χ4n) is 3.01. The highest BCUT2D eigenvalue weighted by molar-refractivity contribution is 5.94. The summed E-state index contributed by atoms with van der Waals surface area (Å²) in [5.41, 5.74) is 1.66. The third-order valence-corrected chi connectivity index (χ3v) is 4.46. The Morgan fingerprint density at radius 1 is 1.00 bits per heavy atom. The molecule has 0 atom stereocenters. The number of H-pyrrole nitrogens is 2. The highest BCUT2D eigenvalue weighted by atomic mass is 16.2. The van der Waals surface area contributed by atoms with Gasteiger partial charge in [0.15, 0.2) is 0 Å². The van der Waals surface area contributed by atoms with Gasteiger partial charge < -0.3 is 5.32 Å². The maximum Gasteiger partial charge on any atom is 0.273 e. The van der Waals surface area contributed by atoms with Gasteiger partial charge in [0.1, 0.15) is 0 Å². The lowest BCUT2D eigenvalue weighted by atomic mass is 10.1. The molecule has 4 aromatic rings. The van der Waals surface area contributed by atoms with Gasteiger partial charge in [0.2, 0.25) is 0 Å². The van der Waals surface area contributed by atoms with Crippen molar-refractivity contribution >= 4 is 16.7 Å². The van der Waals surface area contributed by atoms with Crippen molar-refractivity contribution in [1.82, 2.24) is 25.3 Å². The molecular formula is C20H17N5O3. The van der Waals surface area contributed by atoms with Crippen molar-refractivity contribution < 1.29 is 4.79 Å². The third-order valence-electron chi connectivity index (χ3n) is 4.46. The molecule has 2 aromatic carbocycles. The van der Waals surface area contributed by atoms with E-state index in [9.17, 15) is 14.4 Å². The molecule has 8 nitrogen and oxygen atoms in total. The number of nitrogens with one attached hydrogen (secondary N) is 3. The number of aromatic nitrogens is 4. The number of hydrogen-bond donors (Lipinski definition) is 3. The molecule has 8 heteroatoms. The topological polar surface area (TPSA) is 113 Å². The Balaban J connectivity index is 1.43. The van der Waals surface area contributed by atoms with Gasteiger partial charge in [-0.25, -0.2) is 4.68 Å². The van der Waals surface area contributed by atoms with Gasteiger partial charge >= 0.3 is 0 Å². The average molecular weight is 375 g/mol. The van der Waals surface area contributed by atoms with Crippen LogP contribution in [-0.2, 0) is 6.54 Å². The van der Waals surface area contributed by atoms with Crippen LogP contribution < -0.4 is 16.4 Å². The summed E-state index contributed by atoms with van der Waals surface area (Å²) < 4.78 is 1.21. The number of benzene rings is 2. The van der Waals surface area contributed by atoms with Crippen LogP contribution in [-0.4, -0.2) is 32.4 Å². The number of rotatable bonds is 5. The monoisotopic (exact) mass is 375 g/mol. The van der Waals surface area contributed by atoms with Crippen LogP contribution in [0.4, 0.5) is 0 Å². The maximum atomic E-state index is 12.4. The zero-order valence-corrected chi connectivity index (χ0v) is 14.8. The number of nitrogens with zero attached hydrogens (tertiary/aromatic N) is 2. The molecule has 0 saturated heterocycles. The molecule has 2 aromatic heterocycles. The molecular weight excluding hydrogens is 358 g/mol. The van der Waals surface area contributed by atoms with Crippen LogP contribution in [0.1, 0.15) is 10.4 Å². The van der Waals surface area contributed by atoms with E-state index >= 15 is 0 Å². The SMILES string of the molecule is O=C(NCCn1[nH]c(=O)c2ccccc2c1=O)c1ccc(-c2ccn[nH]2)cc1. The zero-order chi connectivity index (χ0) is 19.5. The Bertz CT molecular complexity index is 1240. The predicted molar refractivity (Wildman–Crippen MR) is 105 cm³/mol. The van der Waals surface area contributed by atoms with Crippen molar-refractivity contribution in [2.24, 2.45) is 0 Å². The molecule has 0 radical (unpaired) electrons. The second-order valence-corrected chi connectivity index (χ2v) is 6.25. The van der Waals surface area contributed by atoms with E-state index in [-0.39, 0.29) is 30.1 Å². The van der Waals surface area contributed by atoms with E-state index in [1.807, 2.05) is 18.2 Å². The highest BCUT2D eigenvalue weighted by Gasteiger charge is 2.09. The first-order chi connectivity index (χ1) is 13.6. The number of carbonyl (C=O) groups excluding carboxylic acids is 1. The number of hydrogen-bond acceptors (Lipinski definition) is 4. The lowest BCUT2D eigenvalue weighted by Gasteiger charge is -2.09. The minimum Gasteiger partial charge on any atom is -0.350 e. The van der Waals surface area contributed by atoms with E-state index in [2.05, 4.69) is 20.6 Å². The lowest BCUT2D eigenvalue weighted by molar-refractivity contribution is 0.0952. The smallest absolute Gasteiger partial charge is 0.273 e. The predicted octanol–water partition coefficient (Wildman–Crippen LogP) is 1.51. The summed E-state index contributed by atoms with van der Waals surface area (Å²) >= 11 is 0. The van der Waals surface area contributed by atoms with Crippen molar-refractivity contribution in [2.75, 3.05) is 6.54 Å². The van der Waals surface area contributed by atoms with Crippen LogP contribution in [0.2, 0.25) is 0 Å². The summed E-state index contributed by atoms with van der Waals surface area (Å²) in [5.74, 6) is -0.257. The Morgan fingerprint density at radius 2 is 1.75 bits per heavy atom. The summed E-state index contributed by atoms with van der Waals surface area (Å²) in [4.78, 5) is 36.8. The Kier molecular flexibility index (Phi) is 4.59. The van der Waals surface area contributed by atoms with Gasteiger partial charge in [0, 0.05) is 18.3 Å². The average Bonchev–Trinajstić information content (AvgIpc) is 3.26. The molecule has 3 N–H and O–H groups in total. The first-order valence-corrected chi connectivity index (χ1v) is 8.73. The number of aromatic amines is 2. The molecule has 4 rings (SSSR count). The second kappa shape index (κ2) is 7.36. The van der Waals surface area contributed by atoms with E-state index in [1.54, 1.807) is 42.6 Å². The van der Waals surface area contributed by atoms with Crippen LogP contribution in [0.3, 0.4) is 0 Å².